The Labute approximate surface area is 304 Å². The topological polar surface area (TPSA) is 38.7 Å². The maximum absolute atomic E-state index is 8.74. The second-order valence-electron chi connectivity index (χ2n) is 13.2. The van der Waals surface area contributed by atoms with Crippen molar-refractivity contribution in [3.63, 3.8) is 0 Å². The van der Waals surface area contributed by atoms with Crippen molar-refractivity contribution in [2.24, 2.45) is 0 Å². The molecule has 7 aromatic carbocycles. The fourth-order valence-electron chi connectivity index (χ4n) is 6.04. The van der Waals surface area contributed by atoms with Crippen molar-refractivity contribution >= 4 is 24.0 Å². The van der Waals surface area contributed by atoms with E-state index in [1.54, 1.807) is 12.1 Å². The molecule has 1 aromatic heterocycles. The van der Waals surface area contributed by atoms with Crippen LogP contribution in [0.1, 0.15) is 9.60 Å². The summed E-state index contributed by atoms with van der Waals surface area (Å²) in [7, 11) is -1.48. The summed E-state index contributed by atoms with van der Waals surface area (Å²) < 4.78 is 59.1. The quantitative estimate of drug-likeness (QED) is 0.159. The molecule has 0 fully saturated rings. The summed E-state index contributed by atoms with van der Waals surface area (Å²) in [5, 5.41) is 1.38. The zero-order valence-electron chi connectivity index (χ0n) is 35.0. The Balaban J connectivity index is 1.16. The maximum Gasteiger partial charge on any atom is 0.164 e. The standard InChI is InChI=1S/C46H37N3Si/c1-50(2,3)41-28-26-36(27-29-41)45-47-44(35-13-5-4-6-14-35)48-46(49-45)40-19-10-18-39(31-40)38-17-9-16-37(30-38)32-22-24-34(25-23-32)43-21-11-15-33-12-7-8-20-42(33)43/h4-31H,1-3H3/i7D,8D,11D,12D,15D,20D,21D. The number of aromatic nitrogens is 3. The van der Waals surface area contributed by atoms with Crippen LogP contribution in [0.4, 0.5) is 0 Å². The highest BCUT2D eigenvalue weighted by Crippen LogP contribution is 2.33. The van der Waals surface area contributed by atoms with E-state index >= 15 is 0 Å². The number of rotatable bonds is 7. The highest BCUT2D eigenvalue weighted by molar-refractivity contribution is 6.88. The van der Waals surface area contributed by atoms with Crippen molar-refractivity contribution in [1.29, 1.82) is 0 Å². The van der Waals surface area contributed by atoms with Gasteiger partial charge in [0.15, 0.2) is 17.5 Å². The molecule has 8 rings (SSSR count). The minimum atomic E-state index is -1.48. The van der Waals surface area contributed by atoms with Gasteiger partial charge in [0, 0.05) is 16.7 Å². The Morgan fingerprint density at radius 3 is 1.56 bits per heavy atom. The Morgan fingerprint density at radius 2 is 0.900 bits per heavy atom. The van der Waals surface area contributed by atoms with Crippen molar-refractivity contribution in [1.82, 2.24) is 15.0 Å². The molecule has 0 aliphatic heterocycles. The van der Waals surface area contributed by atoms with Crippen LogP contribution in [-0.4, -0.2) is 23.0 Å². The molecule has 3 nitrogen and oxygen atoms in total. The normalized spacial score (nSPS) is 13.5. The smallest absolute Gasteiger partial charge is 0.164 e. The average Bonchev–Trinajstić information content (AvgIpc) is 3.24. The van der Waals surface area contributed by atoms with Gasteiger partial charge in [0.1, 0.15) is 0 Å². The van der Waals surface area contributed by atoms with Gasteiger partial charge in [-0.2, -0.15) is 0 Å². The van der Waals surface area contributed by atoms with Gasteiger partial charge in [-0.25, -0.2) is 15.0 Å². The van der Waals surface area contributed by atoms with Crippen LogP contribution in [0, 0.1) is 0 Å². The first-order valence-electron chi connectivity index (χ1n) is 20.0. The van der Waals surface area contributed by atoms with E-state index in [0.29, 0.717) is 23.0 Å². The molecule has 0 N–H and O–H groups in total. The molecular weight excluding hydrogens is 623 g/mol. The van der Waals surface area contributed by atoms with E-state index in [1.165, 1.54) is 5.19 Å². The Hall–Kier alpha value is -5.97. The predicted molar refractivity (Wildman–Crippen MR) is 213 cm³/mol. The van der Waals surface area contributed by atoms with Gasteiger partial charge in [-0.15, -0.1) is 0 Å². The Bertz CT molecular complexity index is 2830. The van der Waals surface area contributed by atoms with Crippen LogP contribution in [-0.2, 0) is 0 Å². The third-order valence-electron chi connectivity index (χ3n) is 8.81. The van der Waals surface area contributed by atoms with Crippen LogP contribution in [0.2, 0.25) is 19.6 Å². The van der Waals surface area contributed by atoms with Crippen LogP contribution in [0.15, 0.2) is 170 Å². The monoisotopic (exact) mass is 666 g/mol. The summed E-state index contributed by atoms with van der Waals surface area (Å²) in [6.07, 6.45) is 0. The molecule has 0 aliphatic rings. The summed E-state index contributed by atoms with van der Waals surface area (Å²) in [6.45, 7) is 6.99. The molecule has 0 bridgehead atoms. The number of benzene rings is 7. The third-order valence-corrected chi connectivity index (χ3v) is 10.9. The zero-order valence-corrected chi connectivity index (χ0v) is 29.0. The van der Waals surface area contributed by atoms with E-state index in [4.69, 9.17) is 24.5 Å². The molecule has 8 aromatic rings. The maximum atomic E-state index is 8.74. The lowest BCUT2D eigenvalue weighted by Crippen LogP contribution is -2.37. The van der Waals surface area contributed by atoms with Gasteiger partial charge in [0.2, 0.25) is 0 Å². The molecule has 0 radical (unpaired) electrons. The molecule has 0 unspecified atom stereocenters. The fraction of sp³-hybridized carbons (Fsp3) is 0.0652. The number of hydrogen-bond donors (Lipinski definition) is 0. The molecule has 50 heavy (non-hydrogen) atoms. The molecule has 0 saturated heterocycles. The minimum Gasteiger partial charge on any atom is -0.208 e. The second-order valence-corrected chi connectivity index (χ2v) is 18.3. The molecular formula is C46H37N3Si. The molecule has 0 aliphatic carbocycles. The Kier molecular flexibility index (Phi) is 6.37. The molecule has 240 valence electrons. The first kappa shape index (κ1) is 24.2. The van der Waals surface area contributed by atoms with E-state index in [1.807, 2.05) is 66.7 Å². The molecule has 0 saturated carbocycles. The van der Waals surface area contributed by atoms with Gasteiger partial charge in [-0.1, -0.05) is 182 Å². The molecule has 0 amide bonds. The van der Waals surface area contributed by atoms with Crippen LogP contribution in [0.3, 0.4) is 0 Å². The molecule has 1 heterocycles. The third kappa shape index (κ3) is 6.41. The van der Waals surface area contributed by atoms with Crippen molar-refractivity contribution in [3.05, 3.63) is 170 Å². The van der Waals surface area contributed by atoms with E-state index < -0.39 is 20.2 Å². The molecule has 0 spiro atoms. The fourth-order valence-corrected chi connectivity index (χ4v) is 7.21. The van der Waals surface area contributed by atoms with Gasteiger partial charge in [-0.3, -0.25) is 0 Å². The van der Waals surface area contributed by atoms with Crippen LogP contribution in [0.25, 0.3) is 78.3 Å². The Morgan fingerprint density at radius 1 is 0.420 bits per heavy atom. The van der Waals surface area contributed by atoms with E-state index in [2.05, 4.69) is 68.2 Å². The van der Waals surface area contributed by atoms with Crippen LogP contribution >= 0.6 is 0 Å². The summed E-state index contributed by atoms with van der Waals surface area (Å²) in [5.74, 6) is 1.78. The van der Waals surface area contributed by atoms with Crippen molar-refractivity contribution in [2.75, 3.05) is 0 Å². The van der Waals surface area contributed by atoms with Crippen molar-refractivity contribution < 1.29 is 9.60 Å². The predicted octanol–water partition coefficient (Wildman–Crippen LogP) is 11.6. The summed E-state index contributed by atoms with van der Waals surface area (Å²) in [4.78, 5) is 14.9. The number of hydrogen-bond acceptors (Lipinski definition) is 3. The first-order chi connectivity index (χ1) is 27.3. The number of fused-ring (bicyclic) bond motifs is 1. The molecule has 0 atom stereocenters. The van der Waals surface area contributed by atoms with Crippen LogP contribution < -0.4 is 5.19 Å². The lowest BCUT2D eigenvalue weighted by Gasteiger charge is -2.16. The molecule has 4 heteroatoms. The number of nitrogens with zero attached hydrogens (tertiary/aromatic N) is 3. The summed E-state index contributed by atoms with van der Waals surface area (Å²) in [6, 6.07) is 39.5. The van der Waals surface area contributed by atoms with Crippen molar-refractivity contribution in [3.8, 4) is 67.5 Å². The van der Waals surface area contributed by atoms with Gasteiger partial charge in [0.25, 0.3) is 0 Å². The largest absolute Gasteiger partial charge is 0.208 e. The first-order valence-corrected chi connectivity index (χ1v) is 20.0. The van der Waals surface area contributed by atoms with E-state index in [0.717, 1.165) is 38.9 Å². The van der Waals surface area contributed by atoms with Gasteiger partial charge < -0.3 is 0 Å². The second kappa shape index (κ2) is 13.1. The van der Waals surface area contributed by atoms with E-state index in [9.17, 15) is 0 Å². The van der Waals surface area contributed by atoms with Gasteiger partial charge >= 0.3 is 0 Å². The minimum absolute atomic E-state index is 0.0585. The van der Waals surface area contributed by atoms with E-state index in [-0.39, 0.29) is 46.5 Å². The summed E-state index contributed by atoms with van der Waals surface area (Å²) >= 11 is 0. The highest BCUT2D eigenvalue weighted by atomic mass is 28.3. The summed E-state index contributed by atoms with van der Waals surface area (Å²) in [5.41, 5.74) is 7.22. The SMILES string of the molecule is [2H]c1c([2H])c([2H])c2c(-c3ccc(-c4cccc(-c5cccc(-c6nc(-c7ccccc7)nc(-c7ccc([Si](C)(C)C)cc7)n6)c5)c4)cc3)c([2H])c([2H])c([2H])c2c1[2H]. The zero-order chi connectivity index (χ0) is 40.2. The van der Waals surface area contributed by atoms with Gasteiger partial charge in [-0.05, 0) is 56.3 Å². The highest BCUT2D eigenvalue weighted by Gasteiger charge is 2.18. The van der Waals surface area contributed by atoms with Crippen LogP contribution in [0.5, 0.6) is 0 Å². The lowest BCUT2D eigenvalue weighted by atomic mass is 9.95. The lowest BCUT2D eigenvalue weighted by molar-refractivity contribution is 1.07. The average molecular weight is 667 g/mol. The van der Waals surface area contributed by atoms with Crippen molar-refractivity contribution in [2.45, 2.75) is 19.6 Å². The van der Waals surface area contributed by atoms with Gasteiger partial charge in [0.05, 0.1) is 17.7 Å².